The van der Waals surface area contributed by atoms with Crippen molar-refractivity contribution in [3.8, 4) is 5.75 Å². The molecule has 1 saturated heterocycles. The van der Waals surface area contributed by atoms with E-state index in [1.165, 1.54) is 5.56 Å². The maximum Gasteiger partial charge on any atom is 0.251 e. The SMILES string of the molecule is COc1ccc(C(CNC(=O)c2ccc(Br)cc2)N2CCN(C)CC2)cc1. The van der Waals surface area contributed by atoms with Crippen molar-refractivity contribution in [3.63, 3.8) is 0 Å². The van der Waals surface area contributed by atoms with Crippen LogP contribution in [0.3, 0.4) is 0 Å². The smallest absolute Gasteiger partial charge is 0.251 e. The number of rotatable bonds is 6. The second-order valence-electron chi connectivity index (χ2n) is 6.85. The van der Waals surface area contributed by atoms with Crippen LogP contribution in [-0.4, -0.2) is 62.6 Å². The van der Waals surface area contributed by atoms with Gasteiger partial charge in [-0.25, -0.2) is 0 Å². The minimum atomic E-state index is -0.0462. The van der Waals surface area contributed by atoms with Gasteiger partial charge in [-0.1, -0.05) is 28.1 Å². The van der Waals surface area contributed by atoms with E-state index in [0.29, 0.717) is 12.1 Å². The molecule has 1 heterocycles. The molecule has 1 fully saturated rings. The monoisotopic (exact) mass is 431 g/mol. The molecule has 0 spiro atoms. The molecule has 6 heteroatoms. The Morgan fingerprint density at radius 2 is 1.70 bits per heavy atom. The summed E-state index contributed by atoms with van der Waals surface area (Å²) in [5, 5.41) is 3.11. The number of hydrogen-bond acceptors (Lipinski definition) is 4. The number of carbonyl (C=O) groups excluding carboxylic acids is 1. The number of hydrogen-bond donors (Lipinski definition) is 1. The van der Waals surface area contributed by atoms with Crippen LogP contribution in [0.5, 0.6) is 5.75 Å². The van der Waals surface area contributed by atoms with Crippen LogP contribution in [0.25, 0.3) is 0 Å². The van der Waals surface area contributed by atoms with Crippen LogP contribution in [0.1, 0.15) is 22.0 Å². The number of carbonyl (C=O) groups is 1. The third-order valence-electron chi connectivity index (χ3n) is 5.04. The largest absolute Gasteiger partial charge is 0.497 e. The van der Waals surface area contributed by atoms with Crippen LogP contribution in [0.2, 0.25) is 0 Å². The average Bonchev–Trinajstić information content (AvgIpc) is 2.70. The maximum atomic E-state index is 12.6. The molecule has 0 bridgehead atoms. The Morgan fingerprint density at radius 1 is 1.07 bits per heavy atom. The summed E-state index contributed by atoms with van der Waals surface area (Å²) in [7, 11) is 3.82. The van der Waals surface area contributed by atoms with Gasteiger partial charge in [0, 0.05) is 42.8 Å². The first-order valence-electron chi connectivity index (χ1n) is 9.17. The predicted octanol–water partition coefficient (Wildman–Crippen LogP) is 3.18. The molecule has 1 N–H and O–H groups in total. The first kappa shape index (κ1) is 19.9. The zero-order valence-corrected chi connectivity index (χ0v) is 17.4. The fraction of sp³-hybridized carbons (Fsp3) is 0.381. The van der Waals surface area contributed by atoms with E-state index >= 15 is 0 Å². The van der Waals surface area contributed by atoms with Crippen molar-refractivity contribution in [2.24, 2.45) is 0 Å². The van der Waals surface area contributed by atoms with Gasteiger partial charge in [-0.05, 0) is 49.0 Å². The molecule has 5 nitrogen and oxygen atoms in total. The normalized spacial score (nSPS) is 16.7. The lowest BCUT2D eigenvalue weighted by Gasteiger charge is -2.38. The van der Waals surface area contributed by atoms with E-state index in [2.05, 4.69) is 50.2 Å². The van der Waals surface area contributed by atoms with Gasteiger partial charge in [0.2, 0.25) is 0 Å². The highest BCUT2D eigenvalue weighted by Gasteiger charge is 2.24. The molecule has 144 valence electrons. The number of piperazine rings is 1. The molecule has 27 heavy (non-hydrogen) atoms. The second-order valence-corrected chi connectivity index (χ2v) is 7.76. The molecular weight excluding hydrogens is 406 g/mol. The minimum absolute atomic E-state index is 0.0462. The number of methoxy groups -OCH3 is 1. The molecule has 3 rings (SSSR count). The van der Waals surface area contributed by atoms with Crippen molar-refractivity contribution in [3.05, 3.63) is 64.1 Å². The van der Waals surface area contributed by atoms with E-state index in [-0.39, 0.29) is 11.9 Å². The summed E-state index contributed by atoms with van der Waals surface area (Å²) in [5.41, 5.74) is 1.86. The molecule has 0 saturated carbocycles. The second kappa shape index (κ2) is 9.35. The number of nitrogens with zero attached hydrogens (tertiary/aromatic N) is 2. The van der Waals surface area contributed by atoms with Crippen LogP contribution >= 0.6 is 15.9 Å². The Balaban J connectivity index is 1.72. The van der Waals surface area contributed by atoms with Gasteiger partial charge in [-0.15, -0.1) is 0 Å². The van der Waals surface area contributed by atoms with E-state index < -0.39 is 0 Å². The molecule has 1 amide bonds. The number of halogens is 1. The number of ether oxygens (including phenoxy) is 1. The highest BCUT2D eigenvalue weighted by molar-refractivity contribution is 9.10. The Hall–Kier alpha value is -1.89. The van der Waals surface area contributed by atoms with Gasteiger partial charge in [0.25, 0.3) is 5.91 Å². The fourth-order valence-corrected chi connectivity index (χ4v) is 3.57. The topological polar surface area (TPSA) is 44.8 Å². The van der Waals surface area contributed by atoms with E-state index in [0.717, 1.165) is 36.4 Å². The summed E-state index contributed by atoms with van der Waals surface area (Å²) in [6, 6.07) is 15.7. The van der Waals surface area contributed by atoms with Gasteiger partial charge >= 0.3 is 0 Å². The summed E-state index contributed by atoms with van der Waals surface area (Å²) in [6.07, 6.45) is 0. The highest BCUT2D eigenvalue weighted by Crippen LogP contribution is 2.24. The van der Waals surface area contributed by atoms with Gasteiger partial charge in [0.05, 0.1) is 13.2 Å². The van der Waals surface area contributed by atoms with Crippen LogP contribution < -0.4 is 10.1 Å². The summed E-state index contributed by atoms with van der Waals surface area (Å²) in [5.74, 6) is 0.796. The molecule has 0 aliphatic carbocycles. The van der Waals surface area contributed by atoms with Crippen LogP contribution in [0.4, 0.5) is 0 Å². The quantitative estimate of drug-likeness (QED) is 0.762. The molecular formula is C21H26BrN3O2. The molecule has 2 aromatic rings. The van der Waals surface area contributed by atoms with Crippen LogP contribution in [0.15, 0.2) is 53.0 Å². The van der Waals surface area contributed by atoms with Crippen molar-refractivity contribution in [2.45, 2.75) is 6.04 Å². The van der Waals surface area contributed by atoms with Crippen LogP contribution in [-0.2, 0) is 0 Å². The number of likely N-dealkylation sites (N-methyl/N-ethyl adjacent to an activating group) is 1. The fourth-order valence-electron chi connectivity index (χ4n) is 3.31. The van der Waals surface area contributed by atoms with Gasteiger partial charge in [-0.3, -0.25) is 9.69 Å². The molecule has 1 unspecified atom stereocenters. The molecule has 1 aliphatic heterocycles. The Kier molecular flexibility index (Phi) is 6.88. The standard InChI is InChI=1S/C21H26BrN3O2/c1-24-11-13-25(14-12-24)20(16-5-9-19(27-2)10-6-16)15-23-21(26)17-3-7-18(22)8-4-17/h3-10,20H,11-15H2,1-2H3,(H,23,26). The van der Waals surface area contributed by atoms with Crippen molar-refractivity contribution in [1.29, 1.82) is 0 Å². The first-order chi connectivity index (χ1) is 13.1. The van der Waals surface area contributed by atoms with Gasteiger partial charge in [-0.2, -0.15) is 0 Å². The summed E-state index contributed by atoms with van der Waals surface area (Å²) in [4.78, 5) is 17.3. The Morgan fingerprint density at radius 3 is 2.30 bits per heavy atom. The summed E-state index contributed by atoms with van der Waals surface area (Å²) >= 11 is 3.40. The lowest BCUT2D eigenvalue weighted by Crippen LogP contribution is -2.48. The lowest BCUT2D eigenvalue weighted by atomic mass is 10.0. The molecule has 2 aromatic carbocycles. The molecule has 0 radical (unpaired) electrons. The van der Waals surface area contributed by atoms with Crippen LogP contribution in [0, 0.1) is 0 Å². The minimum Gasteiger partial charge on any atom is -0.497 e. The molecule has 1 atom stereocenters. The van der Waals surface area contributed by atoms with Crippen molar-refractivity contribution < 1.29 is 9.53 Å². The third kappa shape index (κ3) is 5.31. The zero-order chi connectivity index (χ0) is 19.2. The highest BCUT2D eigenvalue weighted by atomic mass is 79.9. The lowest BCUT2D eigenvalue weighted by molar-refractivity contribution is 0.0886. The maximum absolute atomic E-state index is 12.6. The van der Waals surface area contributed by atoms with E-state index in [4.69, 9.17) is 4.74 Å². The van der Waals surface area contributed by atoms with Crippen molar-refractivity contribution in [1.82, 2.24) is 15.1 Å². The number of benzene rings is 2. The third-order valence-corrected chi connectivity index (χ3v) is 5.57. The zero-order valence-electron chi connectivity index (χ0n) is 15.8. The van der Waals surface area contributed by atoms with Crippen molar-refractivity contribution >= 4 is 21.8 Å². The van der Waals surface area contributed by atoms with E-state index in [1.54, 1.807) is 7.11 Å². The van der Waals surface area contributed by atoms with E-state index in [9.17, 15) is 4.79 Å². The molecule has 1 aliphatic rings. The Bertz CT molecular complexity index is 741. The first-order valence-corrected chi connectivity index (χ1v) is 9.96. The van der Waals surface area contributed by atoms with Gasteiger partial charge in [0.1, 0.15) is 5.75 Å². The Labute approximate surface area is 169 Å². The number of amides is 1. The van der Waals surface area contributed by atoms with E-state index in [1.807, 2.05) is 36.4 Å². The summed E-state index contributed by atoms with van der Waals surface area (Å²) < 4.78 is 6.25. The van der Waals surface area contributed by atoms with Gasteiger partial charge in [0.15, 0.2) is 0 Å². The predicted molar refractivity (Wildman–Crippen MR) is 111 cm³/mol. The van der Waals surface area contributed by atoms with Gasteiger partial charge < -0.3 is 15.0 Å². The van der Waals surface area contributed by atoms with Crippen molar-refractivity contribution in [2.75, 3.05) is 46.9 Å². The summed E-state index contributed by atoms with van der Waals surface area (Å²) in [6.45, 7) is 4.62. The number of nitrogens with one attached hydrogen (secondary N) is 1. The average molecular weight is 432 g/mol. The molecule has 0 aromatic heterocycles.